The molecule has 2 rings (SSSR count). The van der Waals surface area contributed by atoms with Crippen LogP contribution in [0.5, 0.6) is 5.75 Å². The number of aromatic amines is 1. The Morgan fingerprint density at radius 3 is 3.07 bits per heavy atom. The van der Waals surface area contributed by atoms with E-state index in [1.54, 1.807) is 6.92 Å². The standard InChI is InChI=1S/C8H6N2O4S/c1-3-2-4(14-8(12)13)5-6(11)10-15-7(5)9-3/h2H,1H3,(H,10,11)(H,12,13). The Bertz CT molecular complexity index is 586. The summed E-state index contributed by atoms with van der Waals surface area (Å²) in [5.41, 5.74) is 0.202. The highest BCUT2D eigenvalue weighted by molar-refractivity contribution is 7.12. The predicted octanol–water partition coefficient (Wildman–Crippen LogP) is 1.35. The molecular weight excluding hydrogens is 220 g/mol. The molecule has 0 aliphatic carbocycles. The molecule has 0 radical (unpaired) electrons. The van der Waals surface area contributed by atoms with E-state index in [4.69, 9.17) is 5.11 Å². The lowest BCUT2D eigenvalue weighted by atomic mass is 10.3. The van der Waals surface area contributed by atoms with E-state index in [1.807, 2.05) is 0 Å². The van der Waals surface area contributed by atoms with E-state index in [0.29, 0.717) is 10.5 Å². The second-order valence-electron chi connectivity index (χ2n) is 2.84. The van der Waals surface area contributed by atoms with Crippen LogP contribution in [-0.2, 0) is 0 Å². The Morgan fingerprint density at radius 2 is 2.40 bits per heavy atom. The first-order valence-corrected chi connectivity index (χ1v) is 4.79. The fourth-order valence-electron chi connectivity index (χ4n) is 1.22. The lowest BCUT2D eigenvalue weighted by molar-refractivity contribution is 0.145. The number of carboxylic acid groups (broad SMARTS) is 1. The van der Waals surface area contributed by atoms with Crippen LogP contribution in [0, 0.1) is 6.92 Å². The Balaban J connectivity index is 2.74. The van der Waals surface area contributed by atoms with Crippen molar-refractivity contribution in [3.8, 4) is 5.75 Å². The highest BCUT2D eigenvalue weighted by Crippen LogP contribution is 2.24. The van der Waals surface area contributed by atoms with Crippen LogP contribution in [0.2, 0.25) is 0 Å². The second kappa shape index (κ2) is 3.35. The van der Waals surface area contributed by atoms with Gasteiger partial charge in [0.2, 0.25) is 0 Å². The van der Waals surface area contributed by atoms with Crippen LogP contribution in [0.4, 0.5) is 4.79 Å². The van der Waals surface area contributed by atoms with E-state index in [9.17, 15) is 9.59 Å². The molecule has 78 valence electrons. The first kappa shape index (κ1) is 9.66. The first-order chi connectivity index (χ1) is 7.08. The number of rotatable bonds is 1. The SMILES string of the molecule is Cc1cc(OC(=O)O)c2c(=O)[nH]sc2n1. The van der Waals surface area contributed by atoms with Crippen molar-refractivity contribution in [2.75, 3.05) is 0 Å². The number of H-pyrrole nitrogens is 1. The van der Waals surface area contributed by atoms with Crippen molar-refractivity contribution in [1.82, 2.24) is 9.36 Å². The van der Waals surface area contributed by atoms with Gasteiger partial charge in [0.05, 0.1) is 0 Å². The second-order valence-corrected chi connectivity index (χ2v) is 3.64. The molecule has 15 heavy (non-hydrogen) atoms. The molecule has 0 aliphatic heterocycles. The Kier molecular flexibility index (Phi) is 2.16. The molecule has 0 bridgehead atoms. The fourth-order valence-corrected chi connectivity index (χ4v) is 2.00. The summed E-state index contributed by atoms with van der Waals surface area (Å²) in [5, 5.41) is 8.67. The molecule has 7 heteroatoms. The fraction of sp³-hybridized carbons (Fsp3) is 0.125. The summed E-state index contributed by atoms with van der Waals surface area (Å²) < 4.78 is 6.98. The van der Waals surface area contributed by atoms with E-state index in [-0.39, 0.29) is 11.1 Å². The zero-order valence-electron chi connectivity index (χ0n) is 7.60. The first-order valence-electron chi connectivity index (χ1n) is 3.97. The van der Waals surface area contributed by atoms with E-state index >= 15 is 0 Å². The number of hydrogen-bond acceptors (Lipinski definition) is 5. The van der Waals surface area contributed by atoms with Crippen LogP contribution in [0.1, 0.15) is 5.69 Å². The van der Waals surface area contributed by atoms with Gasteiger partial charge in [0.15, 0.2) is 5.75 Å². The predicted molar refractivity (Wildman–Crippen MR) is 53.6 cm³/mol. The van der Waals surface area contributed by atoms with Crippen LogP contribution < -0.4 is 10.3 Å². The number of carbonyl (C=O) groups is 1. The Morgan fingerprint density at radius 1 is 1.67 bits per heavy atom. The Labute approximate surface area is 87.3 Å². The van der Waals surface area contributed by atoms with Gasteiger partial charge in [-0.3, -0.25) is 9.17 Å². The van der Waals surface area contributed by atoms with Gasteiger partial charge in [-0.25, -0.2) is 9.78 Å². The highest BCUT2D eigenvalue weighted by atomic mass is 32.1. The van der Waals surface area contributed by atoms with Gasteiger partial charge in [0.1, 0.15) is 10.2 Å². The van der Waals surface area contributed by atoms with Crippen molar-refractivity contribution < 1.29 is 14.6 Å². The van der Waals surface area contributed by atoms with Gasteiger partial charge < -0.3 is 9.84 Å². The summed E-state index contributed by atoms with van der Waals surface area (Å²) in [5.74, 6) is 0.0208. The molecule has 0 spiro atoms. The third kappa shape index (κ3) is 1.68. The van der Waals surface area contributed by atoms with Gasteiger partial charge in [-0.05, 0) is 18.5 Å². The van der Waals surface area contributed by atoms with Crippen molar-refractivity contribution in [2.45, 2.75) is 6.92 Å². The molecule has 0 saturated carbocycles. The van der Waals surface area contributed by atoms with E-state index < -0.39 is 11.7 Å². The van der Waals surface area contributed by atoms with Crippen LogP contribution in [-0.4, -0.2) is 20.6 Å². The molecule has 0 unspecified atom stereocenters. The topological polar surface area (TPSA) is 92.3 Å². The number of aromatic nitrogens is 2. The van der Waals surface area contributed by atoms with Crippen molar-refractivity contribution in [3.05, 3.63) is 22.1 Å². The molecule has 0 aliphatic rings. The van der Waals surface area contributed by atoms with Gasteiger partial charge >= 0.3 is 6.16 Å². The molecule has 2 N–H and O–H groups in total. The minimum absolute atomic E-state index is 0.0208. The molecule has 2 aromatic heterocycles. The third-order valence-corrected chi connectivity index (χ3v) is 2.52. The molecule has 0 atom stereocenters. The van der Waals surface area contributed by atoms with Crippen LogP contribution >= 0.6 is 11.5 Å². The van der Waals surface area contributed by atoms with Gasteiger partial charge in [-0.15, -0.1) is 0 Å². The molecule has 2 aromatic rings. The van der Waals surface area contributed by atoms with Crippen molar-refractivity contribution in [2.24, 2.45) is 0 Å². The summed E-state index contributed by atoms with van der Waals surface area (Å²) in [7, 11) is 0. The van der Waals surface area contributed by atoms with Crippen molar-refractivity contribution >= 4 is 27.9 Å². The number of aryl methyl sites for hydroxylation is 1. The largest absolute Gasteiger partial charge is 0.511 e. The monoisotopic (exact) mass is 226 g/mol. The quantitative estimate of drug-likeness (QED) is 0.716. The average Bonchev–Trinajstić information content (AvgIpc) is 2.46. The maximum Gasteiger partial charge on any atom is 0.511 e. The number of nitrogens with one attached hydrogen (secondary N) is 1. The van der Waals surface area contributed by atoms with E-state index in [0.717, 1.165) is 11.5 Å². The number of fused-ring (bicyclic) bond motifs is 1. The summed E-state index contributed by atoms with van der Waals surface area (Å²) >= 11 is 1.05. The van der Waals surface area contributed by atoms with E-state index in [2.05, 4.69) is 14.1 Å². The molecule has 0 amide bonds. The summed E-state index contributed by atoms with van der Waals surface area (Å²) in [6.07, 6.45) is -1.45. The maximum atomic E-state index is 11.3. The molecule has 0 fully saturated rings. The normalized spacial score (nSPS) is 10.5. The maximum absolute atomic E-state index is 11.3. The summed E-state index contributed by atoms with van der Waals surface area (Å²) in [6, 6.07) is 1.42. The number of nitrogens with zero attached hydrogens (tertiary/aromatic N) is 1. The molecule has 2 heterocycles. The van der Waals surface area contributed by atoms with Crippen LogP contribution in [0.15, 0.2) is 10.9 Å². The average molecular weight is 226 g/mol. The van der Waals surface area contributed by atoms with Gasteiger partial charge in [-0.2, -0.15) is 0 Å². The summed E-state index contributed by atoms with van der Waals surface area (Å²) in [6.45, 7) is 1.69. The van der Waals surface area contributed by atoms with E-state index in [1.165, 1.54) is 6.07 Å². The number of pyridine rings is 1. The van der Waals surface area contributed by atoms with Crippen molar-refractivity contribution in [1.29, 1.82) is 0 Å². The zero-order valence-corrected chi connectivity index (χ0v) is 8.42. The number of ether oxygens (including phenoxy) is 1. The van der Waals surface area contributed by atoms with Crippen LogP contribution in [0.25, 0.3) is 10.2 Å². The van der Waals surface area contributed by atoms with Crippen LogP contribution in [0.3, 0.4) is 0 Å². The molecule has 0 saturated heterocycles. The lowest BCUT2D eigenvalue weighted by Gasteiger charge is -2.00. The van der Waals surface area contributed by atoms with Gasteiger partial charge in [-0.1, -0.05) is 0 Å². The minimum atomic E-state index is -1.45. The van der Waals surface area contributed by atoms with Gasteiger partial charge in [0, 0.05) is 11.8 Å². The summed E-state index contributed by atoms with van der Waals surface area (Å²) in [4.78, 5) is 26.3. The van der Waals surface area contributed by atoms with Crippen molar-refractivity contribution in [3.63, 3.8) is 0 Å². The number of hydrogen-bond donors (Lipinski definition) is 2. The minimum Gasteiger partial charge on any atom is -0.449 e. The zero-order chi connectivity index (χ0) is 11.0. The lowest BCUT2D eigenvalue weighted by Crippen LogP contribution is -2.07. The third-order valence-electron chi connectivity index (χ3n) is 1.74. The molecule has 0 aromatic carbocycles. The smallest absolute Gasteiger partial charge is 0.449 e. The highest BCUT2D eigenvalue weighted by Gasteiger charge is 2.13. The molecule has 6 nitrogen and oxygen atoms in total. The molecular formula is C8H6N2O4S. The Hall–Kier alpha value is -1.89. The van der Waals surface area contributed by atoms with Gasteiger partial charge in [0.25, 0.3) is 5.56 Å².